The number of rotatable bonds is 5. The monoisotopic (exact) mass is 415 g/mol. The van der Waals surface area contributed by atoms with Crippen molar-refractivity contribution in [3.63, 3.8) is 0 Å². The standard InChI is InChI=1S/C13H14IN5OS/c14-8-1-3-9(4-2-8)17-12(20)5-6-21-13-18-10(15)7-11(16)19-13/h1-4,7H,5-6H2,(H,17,20)(H4,15,16,18,19). The lowest BCUT2D eigenvalue weighted by Gasteiger charge is -2.05. The molecule has 110 valence electrons. The van der Waals surface area contributed by atoms with Gasteiger partial charge in [0.15, 0.2) is 5.16 Å². The quantitative estimate of drug-likeness (QED) is 0.393. The van der Waals surface area contributed by atoms with E-state index < -0.39 is 0 Å². The molecule has 0 saturated carbocycles. The van der Waals surface area contributed by atoms with Gasteiger partial charge in [0, 0.05) is 27.5 Å². The van der Waals surface area contributed by atoms with E-state index in [2.05, 4.69) is 37.9 Å². The highest BCUT2D eigenvalue weighted by Gasteiger charge is 2.05. The van der Waals surface area contributed by atoms with Gasteiger partial charge < -0.3 is 16.8 Å². The Bertz CT molecular complexity index is 615. The van der Waals surface area contributed by atoms with Gasteiger partial charge in [-0.2, -0.15) is 0 Å². The van der Waals surface area contributed by atoms with E-state index in [1.807, 2.05) is 24.3 Å². The van der Waals surface area contributed by atoms with Crippen LogP contribution < -0.4 is 16.8 Å². The van der Waals surface area contributed by atoms with Gasteiger partial charge in [0.05, 0.1) is 0 Å². The number of aromatic nitrogens is 2. The largest absolute Gasteiger partial charge is 0.383 e. The minimum absolute atomic E-state index is 0.0550. The third kappa shape index (κ3) is 5.38. The van der Waals surface area contributed by atoms with Gasteiger partial charge in [0.25, 0.3) is 0 Å². The number of nitrogens with zero attached hydrogens (tertiary/aromatic N) is 2. The maximum Gasteiger partial charge on any atom is 0.225 e. The Kier molecular flexibility index (Phi) is 5.62. The van der Waals surface area contributed by atoms with Crippen LogP contribution in [0, 0.1) is 3.57 Å². The molecule has 1 amide bonds. The van der Waals surface area contributed by atoms with E-state index in [0.29, 0.717) is 29.0 Å². The van der Waals surface area contributed by atoms with Gasteiger partial charge in [-0.3, -0.25) is 4.79 Å². The number of anilines is 3. The van der Waals surface area contributed by atoms with Crippen LogP contribution in [0.4, 0.5) is 17.3 Å². The van der Waals surface area contributed by atoms with Crippen LogP contribution in [0.1, 0.15) is 6.42 Å². The van der Waals surface area contributed by atoms with Gasteiger partial charge in [0.1, 0.15) is 11.6 Å². The third-order valence-electron chi connectivity index (χ3n) is 2.43. The van der Waals surface area contributed by atoms with Crippen molar-refractivity contribution in [2.45, 2.75) is 11.6 Å². The van der Waals surface area contributed by atoms with Crippen LogP contribution in [0.15, 0.2) is 35.5 Å². The molecule has 1 heterocycles. The predicted octanol–water partition coefficient (Wildman–Crippen LogP) is 2.37. The molecular weight excluding hydrogens is 401 g/mol. The Morgan fingerprint density at radius 2 is 1.81 bits per heavy atom. The Labute approximate surface area is 140 Å². The van der Waals surface area contributed by atoms with Crippen molar-refractivity contribution in [1.82, 2.24) is 9.97 Å². The van der Waals surface area contributed by atoms with Crippen LogP contribution in [0.25, 0.3) is 0 Å². The summed E-state index contributed by atoms with van der Waals surface area (Å²) in [4.78, 5) is 19.9. The molecular formula is C13H14IN5OS. The van der Waals surface area contributed by atoms with Crippen molar-refractivity contribution < 1.29 is 4.79 Å². The van der Waals surface area contributed by atoms with Crippen LogP contribution in [-0.2, 0) is 4.79 Å². The molecule has 0 radical (unpaired) electrons. The minimum atomic E-state index is -0.0550. The summed E-state index contributed by atoms with van der Waals surface area (Å²) in [6, 6.07) is 9.11. The molecule has 2 rings (SSSR count). The number of nitrogens with two attached hydrogens (primary N) is 2. The highest BCUT2D eigenvalue weighted by Crippen LogP contribution is 2.17. The van der Waals surface area contributed by atoms with E-state index in [4.69, 9.17) is 11.5 Å². The van der Waals surface area contributed by atoms with Crippen LogP contribution in [0.2, 0.25) is 0 Å². The van der Waals surface area contributed by atoms with E-state index in [1.165, 1.54) is 17.8 Å². The number of nitrogens with one attached hydrogen (secondary N) is 1. The van der Waals surface area contributed by atoms with E-state index in [0.717, 1.165) is 9.26 Å². The highest BCUT2D eigenvalue weighted by molar-refractivity contribution is 14.1. The molecule has 5 N–H and O–H groups in total. The SMILES string of the molecule is Nc1cc(N)nc(SCCC(=O)Nc2ccc(I)cc2)n1. The van der Waals surface area contributed by atoms with Gasteiger partial charge >= 0.3 is 0 Å². The van der Waals surface area contributed by atoms with E-state index in [-0.39, 0.29) is 5.91 Å². The van der Waals surface area contributed by atoms with E-state index >= 15 is 0 Å². The lowest BCUT2D eigenvalue weighted by molar-refractivity contribution is -0.115. The lowest BCUT2D eigenvalue weighted by Crippen LogP contribution is -2.12. The summed E-state index contributed by atoms with van der Waals surface area (Å²) < 4.78 is 1.12. The van der Waals surface area contributed by atoms with Gasteiger partial charge in [-0.05, 0) is 46.9 Å². The van der Waals surface area contributed by atoms with Crippen molar-refractivity contribution >= 4 is 57.6 Å². The summed E-state index contributed by atoms with van der Waals surface area (Å²) >= 11 is 3.56. The summed E-state index contributed by atoms with van der Waals surface area (Å²) in [6.07, 6.45) is 0.356. The number of hydrogen-bond acceptors (Lipinski definition) is 6. The predicted molar refractivity (Wildman–Crippen MR) is 94.0 cm³/mol. The first-order chi connectivity index (χ1) is 10.0. The molecule has 6 nitrogen and oxygen atoms in total. The third-order valence-corrected chi connectivity index (χ3v) is 4.00. The molecule has 0 bridgehead atoms. The van der Waals surface area contributed by atoms with Gasteiger partial charge in [-0.15, -0.1) is 0 Å². The first-order valence-electron chi connectivity index (χ1n) is 6.11. The average molecular weight is 415 g/mol. The maximum absolute atomic E-state index is 11.8. The topological polar surface area (TPSA) is 107 Å². The average Bonchev–Trinajstić information content (AvgIpc) is 2.40. The number of halogens is 1. The van der Waals surface area contributed by atoms with Crippen molar-refractivity contribution in [3.05, 3.63) is 33.9 Å². The number of nitrogen functional groups attached to an aromatic ring is 2. The fourth-order valence-corrected chi connectivity index (χ4v) is 2.69. The first-order valence-corrected chi connectivity index (χ1v) is 8.17. The maximum atomic E-state index is 11.8. The van der Waals surface area contributed by atoms with Crippen LogP contribution >= 0.6 is 34.4 Å². The normalized spacial score (nSPS) is 10.3. The Morgan fingerprint density at radius 1 is 1.19 bits per heavy atom. The Balaban J connectivity index is 1.80. The van der Waals surface area contributed by atoms with Crippen molar-refractivity contribution in [3.8, 4) is 0 Å². The fourth-order valence-electron chi connectivity index (χ4n) is 1.52. The molecule has 0 unspecified atom stereocenters. The fraction of sp³-hybridized carbons (Fsp3) is 0.154. The molecule has 0 atom stereocenters. The molecule has 0 aliphatic heterocycles. The van der Waals surface area contributed by atoms with Crippen molar-refractivity contribution in [1.29, 1.82) is 0 Å². The number of carbonyl (C=O) groups is 1. The molecule has 0 spiro atoms. The highest BCUT2D eigenvalue weighted by atomic mass is 127. The summed E-state index contributed by atoms with van der Waals surface area (Å²) in [5.74, 6) is 1.15. The minimum Gasteiger partial charge on any atom is -0.383 e. The van der Waals surface area contributed by atoms with Gasteiger partial charge in [-0.1, -0.05) is 11.8 Å². The molecule has 8 heteroatoms. The Morgan fingerprint density at radius 3 is 2.43 bits per heavy atom. The number of benzene rings is 1. The van der Waals surface area contributed by atoms with Crippen LogP contribution in [0.3, 0.4) is 0 Å². The zero-order chi connectivity index (χ0) is 15.2. The second kappa shape index (κ2) is 7.46. The number of thioether (sulfide) groups is 1. The van der Waals surface area contributed by atoms with E-state index in [9.17, 15) is 4.79 Å². The summed E-state index contributed by atoms with van der Waals surface area (Å²) in [7, 11) is 0. The zero-order valence-electron chi connectivity index (χ0n) is 11.0. The summed E-state index contributed by atoms with van der Waals surface area (Å²) in [5, 5.41) is 3.31. The molecule has 0 aliphatic rings. The number of carbonyl (C=O) groups excluding carboxylic acids is 1. The summed E-state index contributed by atoms with van der Waals surface area (Å²) in [5.41, 5.74) is 11.9. The molecule has 2 aromatic rings. The zero-order valence-corrected chi connectivity index (χ0v) is 14.0. The smallest absolute Gasteiger partial charge is 0.225 e. The van der Waals surface area contributed by atoms with E-state index in [1.54, 1.807) is 0 Å². The van der Waals surface area contributed by atoms with Gasteiger partial charge in [0.2, 0.25) is 5.91 Å². The van der Waals surface area contributed by atoms with Gasteiger partial charge in [-0.25, -0.2) is 9.97 Å². The molecule has 0 fully saturated rings. The first kappa shape index (κ1) is 15.8. The number of hydrogen-bond donors (Lipinski definition) is 3. The molecule has 0 aliphatic carbocycles. The number of amides is 1. The molecule has 21 heavy (non-hydrogen) atoms. The second-order valence-corrected chi connectivity index (χ2v) is 6.46. The van der Waals surface area contributed by atoms with Crippen LogP contribution in [0.5, 0.6) is 0 Å². The molecule has 0 saturated heterocycles. The molecule has 1 aromatic carbocycles. The molecule has 1 aromatic heterocycles. The lowest BCUT2D eigenvalue weighted by atomic mass is 10.3. The van der Waals surface area contributed by atoms with Crippen molar-refractivity contribution in [2.75, 3.05) is 22.5 Å². The van der Waals surface area contributed by atoms with Crippen LogP contribution in [-0.4, -0.2) is 21.6 Å². The Hall–Kier alpha value is -1.55. The summed E-state index contributed by atoms with van der Waals surface area (Å²) in [6.45, 7) is 0. The second-order valence-electron chi connectivity index (χ2n) is 4.15. The van der Waals surface area contributed by atoms with Crippen molar-refractivity contribution in [2.24, 2.45) is 0 Å².